The molecule has 2 rings (SSSR count). The van der Waals surface area contributed by atoms with E-state index in [1.165, 1.54) is 13.2 Å². The topological polar surface area (TPSA) is 36.3 Å². The van der Waals surface area contributed by atoms with Crippen LogP contribution in [-0.2, 0) is 0 Å². The molecule has 0 saturated heterocycles. The van der Waals surface area contributed by atoms with E-state index in [2.05, 4.69) is 18.8 Å². The molecule has 0 aliphatic rings. The Kier molecular flexibility index (Phi) is 5.06. The molecule has 22 heavy (non-hydrogen) atoms. The lowest BCUT2D eigenvalue weighted by atomic mass is 10.1. The predicted molar refractivity (Wildman–Crippen MR) is 85.1 cm³/mol. The van der Waals surface area contributed by atoms with E-state index in [0.29, 0.717) is 17.7 Å². The number of ether oxygens (including phenoxy) is 2. The van der Waals surface area contributed by atoms with Crippen molar-refractivity contribution in [3.63, 3.8) is 0 Å². The first-order chi connectivity index (χ1) is 10.5. The molecule has 1 aromatic heterocycles. The number of imidazole rings is 1. The first-order valence-electron chi connectivity index (χ1n) is 7.53. The smallest absolute Gasteiger partial charge is 0.296 e. The van der Waals surface area contributed by atoms with Crippen molar-refractivity contribution in [2.24, 2.45) is 0 Å². The Morgan fingerprint density at radius 1 is 1.18 bits per heavy atom. The average molecular weight is 306 g/mol. The molecule has 120 valence electrons. The van der Waals surface area contributed by atoms with Gasteiger partial charge in [0.05, 0.1) is 19.9 Å². The highest BCUT2D eigenvalue weighted by atomic mass is 19.1. The third kappa shape index (κ3) is 2.93. The second kappa shape index (κ2) is 6.81. The molecule has 1 heterocycles. The summed E-state index contributed by atoms with van der Waals surface area (Å²) in [6, 6.07) is 4.03. The number of nitrogens with zero attached hydrogens (tertiary/aromatic N) is 2. The van der Waals surface area contributed by atoms with Gasteiger partial charge in [0.15, 0.2) is 11.6 Å². The maximum atomic E-state index is 14.0. The van der Waals surface area contributed by atoms with Crippen LogP contribution in [0.5, 0.6) is 11.8 Å². The van der Waals surface area contributed by atoms with E-state index in [1.54, 1.807) is 13.2 Å². The van der Waals surface area contributed by atoms with Crippen LogP contribution in [0.3, 0.4) is 0 Å². The highest BCUT2D eigenvalue weighted by Crippen LogP contribution is 2.32. The van der Waals surface area contributed by atoms with Crippen LogP contribution in [0.2, 0.25) is 0 Å². The van der Waals surface area contributed by atoms with E-state index in [1.807, 2.05) is 17.7 Å². The minimum absolute atomic E-state index is 0.243. The second-order valence-corrected chi connectivity index (χ2v) is 5.29. The number of hydrogen-bond acceptors (Lipinski definition) is 3. The number of methoxy groups -OCH3 is 2. The van der Waals surface area contributed by atoms with Crippen LogP contribution in [0.25, 0.3) is 11.3 Å². The van der Waals surface area contributed by atoms with Crippen molar-refractivity contribution < 1.29 is 13.9 Å². The lowest BCUT2D eigenvalue weighted by Crippen LogP contribution is -2.07. The van der Waals surface area contributed by atoms with Crippen LogP contribution in [0.15, 0.2) is 18.3 Å². The number of aromatic nitrogens is 2. The summed E-state index contributed by atoms with van der Waals surface area (Å²) in [4.78, 5) is 4.51. The molecule has 0 bridgehead atoms. The molecule has 0 atom stereocenters. The van der Waals surface area contributed by atoms with Gasteiger partial charge in [0.2, 0.25) is 0 Å². The summed E-state index contributed by atoms with van der Waals surface area (Å²) in [6.45, 7) is 6.18. The van der Waals surface area contributed by atoms with Crippen LogP contribution in [0.4, 0.5) is 4.39 Å². The van der Waals surface area contributed by atoms with Crippen molar-refractivity contribution in [2.75, 3.05) is 14.2 Å². The van der Waals surface area contributed by atoms with Gasteiger partial charge in [-0.15, -0.1) is 0 Å². The zero-order valence-electron chi connectivity index (χ0n) is 13.8. The first kappa shape index (κ1) is 16.3. The quantitative estimate of drug-likeness (QED) is 0.795. The van der Waals surface area contributed by atoms with Crippen molar-refractivity contribution in [1.82, 2.24) is 9.55 Å². The van der Waals surface area contributed by atoms with E-state index < -0.39 is 0 Å². The molecule has 0 unspecified atom stereocenters. The standard InChI is InChI=1S/C17H23FN2O2/c1-6-12(7-2)20-10-15(19-17(20)22-5)13-9-14(18)16(21-4)8-11(13)3/h8-10,12H,6-7H2,1-5H3. The third-order valence-corrected chi connectivity index (χ3v) is 3.99. The zero-order valence-corrected chi connectivity index (χ0v) is 13.8. The average Bonchev–Trinajstić information content (AvgIpc) is 2.94. The van der Waals surface area contributed by atoms with Gasteiger partial charge >= 0.3 is 0 Å². The summed E-state index contributed by atoms with van der Waals surface area (Å²) in [5.74, 6) is -0.146. The van der Waals surface area contributed by atoms with Crippen molar-refractivity contribution in [1.29, 1.82) is 0 Å². The summed E-state index contributed by atoms with van der Waals surface area (Å²) in [6.07, 6.45) is 3.90. The summed E-state index contributed by atoms with van der Waals surface area (Å²) in [5.41, 5.74) is 2.37. The summed E-state index contributed by atoms with van der Waals surface area (Å²) in [5, 5.41) is 0. The zero-order chi connectivity index (χ0) is 16.3. The van der Waals surface area contributed by atoms with Gasteiger partial charge in [-0.25, -0.2) is 4.39 Å². The highest BCUT2D eigenvalue weighted by molar-refractivity contribution is 5.65. The van der Waals surface area contributed by atoms with Crippen molar-refractivity contribution in [3.05, 3.63) is 29.7 Å². The minimum atomic E-state index is -0.390. The van der Waals surface area contributed by atoms with E-state index in [-0.39, 0.29) is 11.6 Å². The monoisotopic (exact) mass is 306 g/mol. The fourth-order valence-corrected chi connectivity index (χ4v) is 2.69. The fourth-order valence-electron chi connectivity index (χ4n) is 2.69. The molecule has 0 spiro atoms. The SMILES string of the molecule is CCC(CC)n1cc(-c2cc(F)c(OC)cc2C)nc1OC. The van der Waals surface area contributed by atoms with Crippen LogP contribution < -0.4 is 9.47 Å². The Balaban J connectivity index is 2.52. The van der Waals surface area contributed by atoms with Crippen LogP contribution in [-0.4, -0.2) is 23.8 Å². The molecule has 1 aromatic carbocycles. The highest BCUT2D eigenvalue weighted by Gasteiger charge is 2.18. The van der Waals surface area contributed by atoms with Gasteiger partial charge in [-0.3, -0.25) is 4.57 Å². The van der Waals surface area contributed by atoms with Gasteiger partial charge in [-0.05, 0) is 37.5 Å². The summed E-state index contributed by atoms with van der Waals surface area (Å²) >= 11 is 0. The van der Waals surface area contributed by atoms with Gasteiger partial charge < -0.3 is 9.47 Å². The first-order valence-corrected chi connectivity index (χ1v) is 7.53. The lowest BCUT2D eigenvalue weighted by Gasteiger charge is -2.15. The Hall–Kier alpha value is -2.04. The molecule has 0 fully saturated rings. The number of aryl methyl sites for hydroxylation is 1. The minimum Gasteiger partial charge on any atom is -0.494 e. The van der Waals surface area contributed by atoms with Crippen LogP contribution in [0, 0.1) is 12.7 Å². The Bertz CT molecular complexity index is 648. The number of rotatable bonds is 6. The molecule has 0 aliphatic carbocycles. The third-order valence-electron chi connectivity index (χ3n) is 3.99. The van der Waals surface area contributed by atoms with Gasteiger partial charge in [0.1, 0.15) is 0 Å². The van der Waals surface area contributed by atoms with Crippen molar-refractivity contribution in [3.8, 4) is 23.0 Å². The van der Waals surface area contributed by atoms with E-state index >= 15 is 0 Å². The Morgan fingerprint density at radius 2 is 1.86 bits per heavy atom. The maximum absolute atomic E-state index is 14.0. The molecule has 0 radical (unpaired) electrons. The van der Waals surface area contributed by atoms with E-state index in [4.69, 9.17) is 9.47 Å². The molecular weight excluding hydrogens is 283 g/mol. The van der Waals surface area contributed by atoms with Gasteiger partial charge in [-0.2, -0.15) is 4.98 Å². The molecule has 0 aliphatic heterocycles. The molecular formula is C17H23FN2O2. The van der Waals surface area contributed by atoms with E-state index in [0.717, 1.165) is 24.0 Å². The summed E-state index contributed by atoms with van der Waals surface area (Å²) in [7, 11) is 3.06. The normalized spacial score (nSPS) is 11.0. The lowest BCUT2D eigenvalue weighted by molar-refractivity contribution is 0.328. The van der Waals surface area contributed by atoms with E-state index in [9.17, 15) is 4.39 Å². The molecule has 5 heteroatoms. The van der Waals surface area contributed by atoms with Gasteiger partial charge in [-0.1, -0.05) is 13.8 Å². The number of halogens is 1. The molecule has 4 nitrogen and oxygen atoms in total. The van der Waals surface area contributed by atoms with Gasteiger partial charge in [0.25, 0.3) is 6.01 Å². The van der Waals surface area contributed by atoms with Crippen molar-refractivity contribution >= 4 is 0 Å². The Morgan fingerprint density at radius 3 is 2.41 bits per heavy atom. The van der Waals surface area contributed by atoms with Gasteiger partial charge in [0, 0.05) is 17.8 Å². The molecule has 0 saturated carbocycles. The largest absolute Gasteiger partial charge is 0.494 e. The maximum Gasteiger partial charge on any atom is 0.296 e. The molecule has 2 aromatic rings. The second-order valence-electron chi connectivity index (χ2n) is 5.29. The number of hydrogen-bond donors (Lipinski definition) is 0. The fraction of sp³-hybridized carbons (Fsp3) is 0.471. The van der Waals surface area contributed by atoms with Crippen LogP contribution >= 0.6 is 0 Å². The molecule has 0 amide bonds. The van der Waals surface area contributed by atoms with Crippen molar-refractivity contribution in [2.45, 2.75) is 39.7 Å². The van der Waals surface area contributed by atoms with Crippen LogP contribution in [0.1, 0.15) is 38.3 Å². The number of benzene rings is 1. The molecule has 0 N–H and O–H groups in total. The predicted octanol–water partition coefficient (Wildman–Crippen LogP) is 4.38. The Labute approximate surface area is 130 Å². The summed E-state index contributed by atoms with van der Waals surface area (Å²) < 4.78 is 26.4.